The molecule has 6 aliphatic rings. The van der Waals surface area contributed by atoms with Crippen LogP contribution in [0.15, 0.2) is 59.3 Å². The van der Waals surface area contributed by atoms with Crippen molar-refractivity contribution in [3.63, 3.8) is 0 Å². The minimum absolute atomic E-state index is 0.0283. The van der Waals surface area contributed by atoms with Crippen LogP contribution in [0.4, 0.5) is 0 Å². The van der Waals surface area contributed by atoms with Gasteiger partial charge in [0.05, 0.1) is 68.1 Å². The molecule has 0 aromatic carbocycles. The van der Waals surface area contributed by atoms with Crippen molar-refractivity contribution >= 4 is 30.7 Å². The Labute approximate surface area is 505 Å². The van der Waals surface area contributed by atoms with Crippen molar-refractivity contribution in [1.82, 2.24) is 0 Å². The minimum Gasteiger partial charge on any atom is -0.465 e. The predicted molar refractivity (Wildman–Crippen MR) is 337 cm³/mol. The lowest BCUT2D eigenvalue weighted by Gasteiger charge is -2.48. The molecule has 0 bridgehead atoms. The molecule has 0 aromatic rings. The Morgan fingerprint density at radius 3 is 2.10 bits per heavy atom. The van der Waals surface area contributed by atoms with Crippen LogP contribution >= 0.6 is 0 Å². The Hall–Kier alpha value is -1.70. The van der Waals surface area contributed by atoms with Crippen LogP contribution in [0, 0.1) is 23.7 Å². The first-order chi connectivity index (χ1) is 38.4. The molecule has 4 fully saturated rings. The van der Waals surface area contributed by atoms with E-state index in [4.69, 9.17) is 62.0 Å². The summed E-state index contributed by atoms with van der Waals surface area (Å²) in [5, 5.41) is 13.1. The highest BCUT2D eigenvalue weighted by Gasteiger charge is 2.61. The maximum absolute atomic E-state index is 14.2. The van der Waals surface area contributed by atoms with E-state index in [-0.39, 0.29) is 71.2 Å². The van der Waals surface area contributed by atoms with Gasteiger partial charge in [-0.1, -0.05) is 132 Å². The standard InChI is InChI=1S/C65H115NO14Si3/c1-24-40(2)56-43(5)30-31-64(78-56)38-48(66)35-49(77-64)29-28-42(4)55(75-53-36-51(69-15)58(45(7)73-53)76-54-37-52(70-16)59(46(8)74-54)80-83(22,23)63(12,13)14)41(3)26-25-27-47-39-72-60-57(79-82(20,21)62(9,10)11)44(6)34-50(65(47,60)68)61(67)71-32-33-81(17,18)19/h25-28,30-31,34,40-41,43,45-46,48-60,68H,24,29,32-33,35-39,66H2,1-23H3/b26-25+,42-28+,47-27+/t40?,41-,43-,45-,46-,48?,49+,50-,51-,52-,53-,54-,55-,56+,57+,58-,59-,60+,64+,65+/m0/s1. The van der Waals surface area contributed by atoms with E-state index in [9.17, 15) is 9.90 Å². The Morgan fingerprint density at radius 1 is 0.880 bits per heavy atom. The normalized spacial score (nSPS) is 37.7. The van der Waals surface area contributed by atoms with Gasteiger partial charge in [-0.25, -0.2) is 0 Å². The molecule has 0 radical (unpaired) electrons. The van der Waals surface area contributed by atoms with Gasteiger partial charge >= 0.3 is 5.97 Å². The van der Waals surface area contributed by atoms with Gasteiger partial charge in [0.2, 0.25) is 0 Å². The number of fused-ring (bicyclic) bond motifs is 1. The smallest absolute Gasteiger partial charge is 0.316 e. The Bertz CT molecular complexity index is 2300. The first-order valence-corrected chi connectivity index (χ1v) is 41.0. The second-order valence-corrected chi connectivity index (χ2v) is 45.0. The fourth-order valence-electron chi connectivity index (χ4n) is 12.2. The zero-order valence-corrected chi connectivity index (χ0v) is 58.6. The zero-order valence-electron chi connectivity index (χ0n) is 55.6. The minimum atomic E-state index is -2.37. The third kappa shape index (κ3) is 17.0. The first kappa shape index (κ1) is 70.4. The van der Waals surface area contributed by atoms with Gasteiger partial charge < -0.3 is 67.1 Å². The third-order valence-electron chi connectivity index (χ3n) is 19.8. The van der Waals surface area contributed by atoms with Crippen molar-refractivity contribution in [1.29, 1.82) is 0 Å². The molecule has 83 heavy (non-hydrogen) atoms. The van der Waals surface area contributed by atoms with Gasteiger partial charge in [-0.3, -0.25) is 4.79 Å². The summed E-state index contributed by atoms with van der Waals surface area (Å²) in [6, 6.07) is 0.718. The maximum Gasteiger partial charge on any atom is 0.316 e. The number of hydrogen-bond donors (Lipinski definition) is 2. The highest BCUT2D eigenvalue weighted by atomic mass is 28.4. The zero-order chi connectivity index (χ0) is 62.0. The van der Waals surface area contributed by atoms with Crippen molar-refractivity contribution in [3.05, 3.63) is 59.3 Å². The van der Waals surface area contributed by atoms with E-state index in [1.807, 2.05) is 39.0 Å². The van der Waals surface area contributed by atoms with Crippen LogP contribution in [0.2, 0.25) is 61.9 Å². The molecule has 6 rings (SSSR count). The summed E-state index contributed by atoms with van der Waals surface area (Å²) in [6.07, 6.45) is 12.9. The number of nitrogens with two attached hydrogens (primary N) is 1. The summed E-state index contributed by atoms with van der Waals surface area (Å²) in [6.45, 7) is 46.3. The molecule has 5 heterocycles. The van der Waals surface area contributed by atoms with Crippen molar-refractivity contribution in [2.75, 3.05) is 27.4 Å². The van der Waals surface area contributed by atoms with Gasteiger partial charge in [-0.2, -0.15) is 0 Å². The van der Waals surface area contributed by atoms with Gasteiger partial charge in [0.15, 0.2) is 35.0 Å². The van der Waals surface area contributed by atoms with E-state index in [1.165, 1.54) is 0 Å². The van der Waals surface area contributed by atoms with Crippen molar-refractivity contribution in [3.8, 4) is 0 Å². The molecule has 476 valence electrons. The van der Waals surface area contributed by atoms with Crippen LogP contribution in [0.25, 0.3) is 0 Å². The number of aliphatic hydroxyl groups is 1. The molecule has 0 aromatic heterocycles. The largest absolute Gasteiger partial charge is 0.465 e. The molecular formula is C65H115NO14Si3. The van der Waals surface area contributed by atoms with Gasteiger partial charge in [-0.15, -0.1) is 0 Å². The summed E-state index contributed by atoms with van der Waals surface area (Å²) in [5.41, 5.74) is 7.56. The molecule has 5 aliphatic heterocycles. The molecule has 1 aliphatic carbocycles. The second-order valence-electron chi connectivity index (χ2n) is 29.8. The number of methoxy groups -OCH3 is 2. The van der Waals surface area contributed by atoms with E-state index in [0.717, 1.165) is 23.6 Å². The number of esters is 1. The van der Waals surface area contributed by atoms with Crippen LogP contribution in [-0.2, 0) is 61.0 Å². The van der Waals surface area contributed by atoms with E-state index in [0.29, 0.717) is 50.2 Å². The Morgan fingerprint density at radius 2 is 1.48 bits per heavy atom. The highest BCUT2D eigenvalue weighted by molar-refractivity contribution is 6.76. The van der Waals surface area contributed by atoms with E-state index in [1.54, 1.807) is 14.2 Å². The van der Waals surface area contributed by atoms with Crippen LogP contribution in [-0.4, -0.2) is 160 Å². The number of carbonyl (C=O) groups excluding carboxylic acids is 1. The maximum atomic E-state index is 14.2. The lowest BCUT2D eigenvalue weighted by molar-refractivity contribution is -0.317. The summed E-state index contributed by atoms with van der Waals surface area (Å²) >= 11 is 0. The topological polar surface area (TPSA) is 174 Å². The number of ether oxygens (including phenoxy) is 10. The fraction of sp³-hybridized carbons (Fsp3) is 0.831. The molecular weight excluding hydrogens is 1100 g/mol. The molecule has 20 atom stereocenters. The van der Waals surface area contributed by atoms with E-state index >= 15 is 0 Å². The average Bonchev–Trinajstić information content (AvgIpc) is 1.86. The molecule has 0 saturated carbocycles. The van der Waals surface area contributed by atoms with Crippen LogP contribution < -0.4 is 5.73 Å². The quantitative estimate of drug-likeness (QED) is 0.0595. The van der Waals surface area contributed by atoms with Crippen LogP contribution in [0.1, 0.15) is 135 Å². The summed E-state index contributed by atoms with van der Waals surface area (Å²) in [7, 11) is -2.58. The van der Waals surface area contributed by atoms with Crippen molar-refractivity contribution in [2.45, 2.75) is 295 Å². The lowest BCUT2D eigenvalue weighted by atomic mass is 9.71. The lowest BCUT2D eigenvalue weighted by Crippen LogP contribution is -2.60. The molecule has 1 spiro atoms. The fourth-order valence-corrected chi connectivity index (χ4v) is 15.6. The third-order valence-corrected chi connectivity index (χ3v) is 30.4. The summed E-state index contributed by atoms with van der Waals surface area (Å²) in [5.74, 6) is -1.91. The highest BCUT2D eigenvalue weighted by Crippen LogP contribution is 2.49. The average molecular weight is 1220 g/mol. The Balaban J connectivity index is 1.27. The first-order valence-electron chi connectivity index (χ1n) is 31.5. The van der Waals surface area contributed by atoms with Gasteiger partial charge in [0, 0.05) is 59.4 Å². The molecule has 18 heteroatoms. The van der Waals surface area contributed by atoms with Crippen molar-refractivity contribution < 1.29 is 66.1 Å². The molecule has 0 amide bonds. The number of allylic oxidation sites excluding steroid dienone is 2. The van der Waals surface area contributed by atoms with Gasteiger partial charge in [0.25, 0.3) is 0 Å². The van der Waals surface area contributed by atoms with E-state index in [2.05, 4.69) is 146 Å². The molecule has 3 N–H and O–H groups in total. The van der Waals surface area contributed by atoms with Crippen molar-refractivity contribution in [2.24, 2.45) is 29.4 Å². The van der Waals surface area contributed by atoms with Crippen LogP contribution in [0.5, 0.6) is 0 Å². The molecule has 15 nitrogen and oxygen atoms in total. The number of hydrogen-bond acceptors (Lipinski definition) is 15. The van der Waals surface area contributed by atoms with Crippen LogP contribution in [0.3, 0.4) is 0 Å². The predicted octanol–water partition coefficient (Wildman–Crippen LogP) is 12.7. The Kier molecular flexibility index (Phi) is 23.7. The van der Waals surface area contributed by atoms with Gasteiger partial charge in [-0.05, 0) is 112 Å². The second kappa shape index (κ2) is 28.0. The summed E-state index contributed by atoms with van der Waals surface area (Å²) < 4.78 is 79.9. The molecule has 2 unspecified atom stereocenters. The summed E-state index contributed by atoms with van der Waals surface area (Å²) in [4.78, 5) is 14.2. The number of carbonyl (C=O) groups is 1. The number of rotatable bonds is 22. The van der Waals surface area contributed by atoms with E-state index < -0.39 is 91.1 Å². The SMILES string of the molecule is CCC(C)[C@H]1O[C@]2(C=C[C@@H]1C)CC(N)C[C@@H](C/C=C(\C)[C@@H](O[C@H]1C[C@H](OC)[C@@H](O[C@H]3C[C@H](OC)[C@@H](O[Si](C)(C)C(C)(C)C)[C@H](C)O3)[C@H](C)O1)[C@@H](C)/C=C/C=C1\CO[C@@H]3[C@H](O[Si](C)(C)C(C)(C)C)C(C)=C[C@@H](C(=O)OCC[Si](C)(C)C)[C@]13O)O2. The van der Waals surface area contributed by atoms with Gasteiger partial charge in [0.1, 0.15) is 23.7 Å². The monoisotopic (exact) mass is 1220 g/mol. The molecule has 4 saturated heterocycles.